The molecule has 6 aliphatic heterocycles. The summed E-state index contributed by atoms with van der Waals surface area (Å²) in [5, 5.41) is 41.3. The van der Waals surface area contributed by atoms with Gasteiger partial charge in [-0.1, -0.05) is 85.1 Å². The minimum atomic E-state index is -1.89. The summed E-state index contributed by atoms with van der Waals surface area (Å²) in [7, 11) is 7.02. The van der Waals surface area contributed by atoms with Crippen molar-refractivity contribution in [1.29, 1.82) is 0 Å². The fraction of sp³-hybridized carbons (Fsp3) is 0.476. The third kappa shape index (κ3) is 27.7. The number of benzene rings is 6. The van der Waals surface area contributed by atoms with Gasteiger partial charge in [-0.2, -0.15) is 0 Å². The Morgan fingerprint density at radius 2 is 1.33 bits per heavy atom. The molecule has 36 nitrogen and oxygen atoms in total. The average Bonchev–Trinajstić information content (AvgIpc) is 1.42. The molecule has 2 fully saturated rings. The zero-order valence-corrected chi connectivity index (χ0v) is 81.8. The molecular formula is C103H129ClFN16O20+. The number of hydrogen-bond acceptors (Lipinski definition) is 20. The van der Waals surface area contributed by atoms with Crippen LogP contribution in [0, 0.1) is 12.7 Å². The van der Waals surface area contributed by atoms with Crippen LogP contribution in [0.15, 0.2) is 140 Å². The van der Waals surface area contributed by atoms with E-state index in [1.54, 1.807) is 128 Å². The molecule has 12 bridgehead atoms. The highest BCUT2D eigenvalue weighted by atomic mass is 35.5. The minimum Gasteiger partial charge on any atom is -0.497 e. The van der Waals surface area contributed by atoms with E-state index in [1.165, 1.54) is 38.0 Å². The van der Waals surface area contributed by atoms with Crippen LogP contribution in [0.5, 0.6) is 11.5 Å². The fourth-order valence-corrected chi connectivity index (χ4v) is 18.8. The maximum atomic E-state index is 16.4. The molecule has 13 amide bonds. The summed E-state index contributed by atoms with van der Waals surface area (Å²) in [5.74, 6) is -9.61. The number of aliphatic hydroxyl groups excluding tert-OH is 1. The number of halogens is 2. The van der Waals surface area contributed by atoms with Crippen LogP contribution in [0.3, 0.4) is 0 Å². The van der Waals surface area contributed by atoms with Crippen LogP contribution >= 0.6 is 11.6 Å². The Balaban J connectivity index is 0.760. The summed E-state index contributed by atoms with van der Waals surface area (Å²) < 4.78 is 49.0. The lowest BCUT2D eigenvalue weighted by molar-refractivity contribution is -0.889. The van der Waals surface area contributed by atoms with Crippen molar-refractivity contribution in [3.8, 4) is 11.5 Å². The molecule has 14 rings (SSSR count). The highest BCUT2D eigenvalue weighted by Gasteiger charge is 2.50. The van der Waals surface area contributed by atoms with E-state index in [1.807, 2.05) is 49.0 Å². The number of ether oxygens (including phenoxy) is 5. The minimum absolute atomic E-state index is 0.000537. The van der Waals surface area contributed by atoms with Crippen LogP contribution in [-0.4, -0.2) is 290 Å². The van der Waals surface area contributed by atoms with Gasteiger partial charge in [-0.3, -0.25) is 71.7 Å². The number of hydrogen-bond donors (Lipinski definition) is 11. The first kappa shape index (κ1) is 105. The molecule has 8 heterocycles. The quantitative estimate of drug-likeness (QED) is 0.0321. The molecule has 0 saturated carbocycles. The van der Waals surface area contributed by atoms with Crippen molar-refractivity contribution in [2.45, 2.75) is 204 Å². The predicted molar refractivity (Wildman–Crippen MR) is 521 cm³/mol. The Morgan fingerprint density at radius 1 is 0.631 bits per heavy atom. The van der Waals surface area contributed by atoms with Gasteiger partial charge in [-0.25, -0.2) is 4.39 Å². The van der Waals surface area contributed by atoms with Crippen LogP contribution in [0.1, 0.15) is 140 Å². The number of methoxy groups -OCH3 is 2. The number of aliphatic hydroxyl groups is 1. The van der Waals surface area contributed by atoms with E-state index in [9.17, 15) is 43.5 Å². The third-order valence-electron chi connectivity index (χ3n) is 26.9. The SMILES string of the molecule is COc1ccc(C[C@@H]2NC(=O)[C@H]([C@@H](C)O)NC(=O)[C@@H]3[C@@H]4CCN3C(=O)[C@@H]3Cc5cn(c6ccc(F)cc56)CCCCCCN(Cc5ccc(cc5)CCNC(=O)[C@]5(C)CCCN5C2=O)C(=O)CCC(=O)N[C@@H](C)C(=O)N[C@H](CNC(=O)CCOCCOCC[N+](C)(C)CCNC(=O)Cc2c(C)n(C(=O)c5ccc(Cl)cc5)c5ccc(OC)cc25)C(=O)N[C@@H](Cc2cccc(c2)CNC(=O)CO4)C(=O)N3)cc1. The number of nitrogens with zero attached hydrogens (tertiary/aromatic N) is 6. The Kier molecular flexibility index (Phi) is 36.4. The molecule has 0 radical (unpaired) electrons. The van der Waals surface area contributed by atoms with E-state index in [4.69, 9.17) is 35.3 Å². The van der Waals surface area contributed by atoms with Crippen molar-refractivity contribution in [1.82, 2.24) is 77.0 Å². The number of quaternary nitrogens is 1. The van der Waals surface area contributed by atoms with Gasteiger partial charge in [0, 0.05) is 130 Å². The lowest BCUT2D eigenvalue weighted by atomic mass is 9.95. The lowest BCUT2D eigenvalue weighted by Gasteiger charge is -2.37. The molecule has 141 heavy (non-hydrogen) atoms. The molecule has 2 aromatic heterocycles. The molecular weight excluding hydrogens is 1840 g/mol. The third-order valence-corrected chi connectivity index (χ3v) is 27.2. The van der Waals surface area contributed by atoms with Crippen molar-refractivity contribution in [2.24, 2.45) is 0 Å². The average molecular weight is 1970 g/mol. The van der Waals surface area contributed by atoms with Gasteiger partial charge < -0.3 is 106 Å². The Labute approximate surface area is 823 Å². The van der Waals surface area contributed by atoms with Crippen molar-refractivity contribution in [3.63, 3.8) is 0 Å². The molecule has 11 N–H and O–H groups in total. The molecule has 6 aromatic carbocycles. The number of fused-ring (bicyclic) bond motifs is 17. The standard InChI is InChI=1S/C103H128ClFN16O20/c1-63-94(128)114-83(59-109-87(123)37-47-139-49-50-140-48-46-121(5,6)45-40-106-89(125)57-77-64(2)120(85-32-30-76(138-8)56-79(77)85)99(133)71-23-25-73(104)26-24-71)96(130)111-80-53-69-15-13-16-70(51-69)58-108-90(126)62-141-86-36-44-118-93(86)98(132)115-92(65(3)122)97(131)113-81(52-67-21-28-75(137-7)29-22-67)101(135)119-43-14-38-103(119,4)102(136)107-39-35-66-17-19-68(20-18-66)60-117(91(127)34-33-88(124)110-63)42-12-10-9-11-41-116-61-72(54-82(100(118)134)112-95(80)129)78-55-74(105)27-31-84(78)116/h13,15-32,51,55-56,61,63,65,80-83,86,92-93,122H,9-12,14,33-50,52-54,57-60,62H2,1-8H3,(H9-,106,107,108,109,110,111,112,113,114,115,123,124,125,126,128,129,130,131,132,136)/p+1/t63-,65+,80-,81-,82-,83+,86-,92-,93-,103-/m0/s1. The Bertz CT molecular complexity index is 5870. The highest BCUT2D eigenvalue weighted by Crippen LogP contribution is 2.35. The second kappa shape index (κ2) is 48.8. The normalized spacial score (nSPS) is 22.1. The van der Waals surface area contributed by atoms with E-state index < -0.39 is 150 Å². The van der Waals surface area contributed by atoms with E-state index >= 15 is 33.2 Å². The van der Waals surface area contributed by atoms with Gasteiger partial charge in [-0.15, -0.1) is 0 Å². The fourth-order valence-electron chi connectivity index (χ4n) is 18.7. The molecule has 6 aliphatic rings. The molecule has 38 heteroatoms. The number of carbonyl (C=O) groups excluding carboxylic acids is 14. The van der Waals surface area contributed by atoms with E-state index in [-0.39, 0.29) is 128 Å². The van der Waals surface area contributed by atoms with Crippen molar-refractivity contribution >= 4 is 116 Å². The molecule has 0 spiro atoms. The summed E-state index contributed by atoms with van der Waals surface area (Å²) >= 11 is 6.14. The molecule has 0 aliphatic carbocycles. The van der Waals surface area contributed by atoms with Crippen molar-refractivity contribution in [2.75, 3.05) is 114 Å². The van der Waals surface area contributed by atoms with Crippen LogP contribution < -0.4 is 62.6 Å². The van der Waals surface area contributed by atoms with Crippen molar-refractivity contribution in [3.05, 3.63) is 201 Å². The summed E-state index contributed by atoms with van der Waals surface area (Å²) in [6, 6.07) is 25.4. The van der Waals surface area contributed by atoms with Gasteiger partial charge in [0.05, 0.1) is 92.0 Å². The molecule has 8 aromatic rings. The first-order chi connectivity index (χ1) is 67.6. The highest BCUT2D eigenvalue weighted by molar-refractivity contribution is 6.30. The molecule has 754 valence electrons. The van der Waals surface area contributed by atoms with Gasteiger partial charge in [0.25, 0.3) is 5.91 Å². The molecule has 2 saturated heterocycles. The number of aromatic nitrogens is 2. The van der Waals surface area contributed by atoms with Crippen LogP contribution in [0.4, 0.5) is 4.39 Å². The van der Waals surface area contributed by atoms with Gasteiger partial charge in [0.15, 0.2) is 0 Å². The van der Waals surface area contributed by atoms with Gasteiger partial charge >= 0.3 is 0 Å². The maximum absolute atomic E-state index is 16.4. The number of likely N-dealkylation sites (N-methyl/N-ethyl adjacent to an activating group) is 1. The van der Waals surface area contributed by atoms with Crippen molar-refractivity contribution < 1.29 is 105 Å². The topological polar surface area (TPSA) is 445 Å². The number of aryl methyl sites for hydroxylation is 1. The van der Waals surface area contributed by atoms with E-state index in [0.717, 1.165) is 16.0 Å². The Hall–Kier alpha value is -13.2. The zero-order valence-electron chi connectivity index (χ0n) is 81.0. The number of rotatable bonds is 22. The van der Waals surface area contributed by atoms with E-state index in [0.29, 0.717) is 153 Å². The lowest BCUT2D eigenvalue weighted by Crippen LogP contribution is -2.64. The predicted octanol–water partition coefficient (Wildman–Crippen LogP) is 4.77. The van der Waals surface area contributed by atoms with Gasteiger partial charge in [0.1, 0.15) is 78.3 Å². The van der Waals surface area contributed by atoms with Gasteiger partial charge in [-0.05, 0) is 178 Å². The maximum Gasteiger partial charge on any atom is 0.262 e. The van der Waals surface area contributed by atoms with E-state index in [2.05, 4.69) is 53.2 Å². The first-order valence-corrected chi connectivity index (χ1v) is 48.6. The Morgan fingerprint density at radius 3 is 2.08 bits per heavy atom. The summed E-state index contributed by atoms with van der Waals surface area (Å²) in [5.41, 5.74) is 4.88. The summed E-state index contributed by atoms with van der Waals surface area (Å²) in [4.78, 5) is 212. The second-order valence-corrected chi connectivity index (χ2v) is 38.1. The molecule has 10 atom stereocenters. The number of nitrogens with one attached hydrogen (secondary N) is 10. The number of amides is 13. The van der Waals surface area contributed by atoms with Crippen LogP contribution in [0.25, 0.3) is 21.8 Å². The largest absolute Gasteiger partial charge is 0.497 e. The van der Waals surface area contributed by atoms with Crippen LogP contribution in [0.2, 0.25) is 5.02 Å². The molecule has 0 unspecified atom stereocenters. The monoisotopic (exact) mass is 1960 g/mol. The summed E-state index contributed by atoms with van der Waals surface area (Å²) in [6.07, 6.45) is 0.116. The second-order valence-electron chi connectivity index (χ2n) is 37.6. The summed E-state index contributed by atoms with van der Waals surface area (Å²) in [6.45, 7) is 7.18. The smallest absolute Gasteiger partial charge is 0.262 e. The zero-order chi connectivity index (χ0) is 101. The number of carbonyl (C=O) groups is 14. The first-order valence-electron chi connectivity index (χ1n) is 48.2. The van der Waals surface area contributed by atoms with Crippen LogP contribution in [-0.2, 0) is 128 Å². The van der Waals surface area contributed by atoms with Gasteiger partial charge in [0.2, 0.25) is 76.8 Å².